The van der Waals surface area contributed by atoms with Crippen molar-refractivity contribution in [1.29, 1.82) is 0 Å². The molecule has 0 saturated heterocycles. The van der Waals surface area contributed by atoms with E-state index in [1.165, 1.54) is 6.20 Å². The molecular formula is C14H11Cl2NO3S. The topological polar surface area (TPSA) is 48.4 Å². The van der Waals surface area contributed by atoms with E-state index in [-0.39, 0.29) is 11.0 Å². The summed E-state index contributed by atoms with van der Waals surface area (Å²) in [6, 6.07) is 8.25. The number of pyridine rings is 1. The van der Waals surface area contributed by atoms with Gasteiger partial charge in [-0.15, -0.1) is 12.6 Å². The van der Waals surface area contributed by atoms with Crippen molar-refractivity contribution in [3.8, 4) is 17.4 Å². The number of ether oxygens (including phenoxy) is 2. The molecule has 0 bridgehead atoms. The number of halogens is 2. The molecule has 0 amide bonds. The van der Waals surface area contributed by atoms with Crippen molar-refractivity contribution >= 4 is 40.9 Å². The van der Waals surface area contributed by atoms with Gasteiger partial charge in [0.2, 0.25) is 11.0 Å². The fourth-order valence-corrected chi connectivity index (χ4v) is 1.90. The highest BCUT2D eigenvalue weighted by Gasteiger charge is 2.10. The van der Waals surface area contributed by atoms with Gasteiger partial charge in [-0.05, 0) is 37.3 Å². The predicted molar refractivity (Wildman–Crippen MR) is 84.9 cm³/mol. The molecule has 0 spiro atoms. The average Bonchev–Trinajstić information content (AvgIpc) is 2.43. The molecule has 0 aliphatic heterocycles. The number of benzene rings is 1. The van der Waals surface area contributed by atoms with Crippen LogP contribution in [0.15, 0.2) is 36.5 Å². The van der Waals surface area contributed by atoms with Crippen LogP contribution in [0.3, 0.4) is 0 Å². The third-order valence-corrected chi connectivity index (χ3v) is 3.31. The first kappa shape index (κ1) is 15.9. The van der Waals surface area contributed by atoms with Gasteiger partial charge < -0.3 is 9.47 Å². The second kappa shape index (κ2) is 7.02. The smallest absolute Gasteiger partial charge is 0.238 e. The number of carbonyl (C=O) groups is 1. The van der Waals surface area contributed by atoms with Gasteiger partial charge in [0.05, 0.1) is 5.02 Å². The van der Waals surface area contributed by atoms with Crippen molar-refractivity contribution < 1.29 is 14.3 Å². The zero-order valence-electron chi connectivity index (χ0n) is 10.9. The molecule has 0 aliphatic rings. The summed E-state index contributed by atoms with van der Waals surface area (Å²) in [6.45, 7) is 1.62. The van der Waals surface area contributed by atoms with Gasteiger partial charge in [0.1, 0.15) is 16.5 Å². The summed E-state index contributed by atoms with van der Waals surface area (Å²) >= 11 is 15.4. The van der Waals surface area contributed by atoms with Gasteiger partial charge in [-0.2, -0.15) is 0 Å². The van der Waals surface area contributed by atoms with E-state index in [1.807, 2.05) is 0 Å². The maximum absolute atomic E-state index is 11.0. The number of aromatic nitrogens is 1. The molecule has 1 unspecified atom stereocenters. The molecule has 2 aromatic rings. The van der Waals surface area contributed by atoms with Crippen LogP contribution in [-0.2, 0) is 4.79 Å². The van der Waals surface area contributed by atoms with Gasteiger partial charge in [-0.1, -0.05) is 23.2 Å². The van der Waals surface area contributed by atoms with Gasteiger partial charge in [0.25, 0.3) is 0 Å². The normalized spacial score (nSPS) is 11.8. The molecule has 0 N–H and O–H groups in total. The van der Waals surface area contributed by atoms with Gasteiger partial charge in [0, 0.05) is 6.20 Å². The van der Waals surface area contributed by atoms with Gasteiger partial charge in [0.15, 0.2) is 6.10 Å². The zero-order valence-corrected chi connectivity index (χ0v) is 13.3. The Balaban J connectivity index is 2.07. The molecule has 2 rings (SSSR count). The molecule has 1 aromatic carbocycles. The fraction of sp³-hybridized carbons (Fsp3) is 0.143. The third-order valence-electron chi connectivity index (χ3n) is 2.47. The highest BCUT2D eigenvalue weighted by atomic mass is 35.5. The minimum absolute atomic E-state index is 0.258. The summed E-state index contributed by atoms with van der Waals surface area (Å²) in [5.41, 5.74) is 0. The van der Waals surface area contributed by atoms with Crippen LogP contribution in [0.25, 0.3) is 0 Å². The Labute approximate surface area is 137 Å². The van der Waals surface area contributed by atoms with Gasteiger partial charge >= 0.3 is 0 Å². The van der Waals surface area contributed by atoms with Crippen molar-refractivity contribution in [3.05, 3.63) is 46.6 Å². The number of hydrogen-bond acceptors (Lipinski definition) is 4. The molecule has 1 aromatic heterocycles. The van der Waals surface area contributed by atoms with Crippen LogP contribution in [0.4, 0.5) is 0 Å². The van der Waals surface area contributed by atoms with E-state index in [0.29, 0.717) is 21.5 Å². The van der Waals surface area contributed by atoms with E-state index in [2.05, 4.69) is 17.6 Å². The molecule has 1 heterocycles. The van der Waals surface area contributed by atoms with Crippen LogP contribution < -0.4 is 9.47 Å². The van der Waals surface area contributed by atoms with Crippen molar-refractivity contribution in [1.82, 2.24) is 4.98 Å². The molecular weight excluding hydrogens is 333 g/mol. The molecule has 0 radical (unpaired) electrons. The molecule has 7 heteroatoms. The van der Waals surface area contributed by atoms with Crippen LogP contribution >= 0.6 is 35.8 Å². The van der Waals surface area contributed by atoms with Crippen LogP contribution in [0.2, 0.25) is 10.0 Å². The first-order valence-electron chi connectivity index (χ1n) is 5.94. The molecule has 0 saturated carbocycles. The number of hydrogen-bond donors (Lipinski definition) is 1. The Kier molecular flexibility index (Phi) is 5.33. The van der Waals surface area contributed by atoms with Crippen molar-refractivity contribution in [2.75, 3.05) is 0 Å². The largest absolute Gasteiger partial charge is 0.482 e. The standard InChI is InChI=1S/C14H11Cl2NO3S/c1-8(14(18)21)19-10-2-4-11(5-3-10)20-13-12(16)6-9(15)7-17-13/h2-8H,1H3,(H,18,21). The van der Waals surface area contributed by atoms with Crippen LogP contribution in [0.5, 0.6) is 17.4 Å². The summed E-state index contributed by atoms with van der Waals surface area (Å²) in [5, 5.41) is 0.408. The number of nitrogens with zero attached hydrogens (tertiary/aromatic N) is 1. The maximum atomic E-state index is 11.0. The lowest BCUT2D eigenvalue weighted by atomic mass is 10.3. The SMILES string of the molecule is CC(Oc1ccc(Oc2ncc(Cl)cc2Cl)cc1)C(=O)S. The Morgan fingerprint density at radius 3 is 2.43 bits per heavy atom. The first-order valence-corrected chi connectivity index (χ1v) is 7.14. The number of thiol groups is 1. The van der Waals surface area contributed by atoms with E-state index in [9.17, 15) is 4.79 Å². The van der Waals surface area contributed by atoms with Crippen molar-refractivity contribution in [2.45, 2.75) is 13.0 Å². The molecule has 110 valence electrons. The highest BCUT2D eigenvalue weighted by molar-refractivity contribution is 7.96. The van der Waals surface area contributed by atoms with E-state index < -0.39 is 6.10 Å². The maximum Gasteiger partial charge on any atom is 0.238 e. The second-order valence-electron chi connectivity index (χ2n) is 4.11. The summed E-state index contributed by atoms with van der Waals surface area (Å²) in [4.78, 5) is 15.0. The molecule has 21 heavy (non-hydrogen) atoms. The van der Waals surface area contributed by atoms with Crippen molar-refractivity contribution in [2.24, 2.45) is 0 Å². The first-order chi connectivity index (χ1) is 9.95. The summed E-state index contributed by atoms with van der Waals surface area (Å²) < 4.78 is 10.9. The zero-order chi connectivity index (χ0) is 15.4. The van der Waals surface area contributed by atoms with Crippen LogP contribution in [0, 0.1) is 0 Å². The highest BCUT2D eigenvalue weighted by Crippen LogP contribution is 2.30. The Hall–Kier alpha value is -1.43. The van der Waals surface area contributed by atoms with E-state index in [0.717, 1.165) is 0 Å². The molecule has 1 atom stereocenters. The fourth-order valence-electron chi connectivity index (χ4n) is 1.43. The number of rotatable bonds is 5. The van der Waals surface area contributed by atoms with Crippen LogP contribution in [0.1, 0.15) is 6.92 Å². The van der Waals surface area contributed by atoms with Crippen LogP contribution in [-0.4, -0.2) is 16.2 Å². The monoisotopic (exact) mass is 343 g/mol. The minimum atomic E-state index is -0.618. The van der Waals surface area contributed by atoms with Gasteiger partial charge in [-0.3, -0.25) is 4.79 Å². The molecule has 0 aliphatic carbocycles. The summed E-state index contributed by atoms with van der Waals surface area (Å²) in [6.07, 6.45) is 0.827. The van der Waals surface area contributed by atoms with E-state index in [1.54, 1.807) is 37.3 Å². The minimum Gasteiger partial charge on any atom is -0.482 e. The summed E-state index contributed by atoms with van der Waals surface area (Å²) in [7, 11) is 0. The van der Waals surface area contributed by atoms with E-state index in [4.69, 9.17) is 32.7 Å². The van der Waals surface area contributed by atoms with E-state index >= 15 is 0 Å². The second-order valence-corrected chi connectivity index (χ2v) is 5.40. The Morgan fingerprint density at radius 2 is 1.86 bits per heavy atom. The predicted octanol–water partition coefficient (Wildman–Crippen LogP) is 4.40. The third kappa shape index (κ3) is 4.52. The number of carbonyl (C=O) groups excluding carboxylic acids is 1. The average molecular weight is 344 g/mol. The lowest BCUT2D eigenvalue weighted by molar-refractivity contribution is -0.116. The lowest BCUT2D eigenvalue weighted by Crippen LogP contribution is -2.18. The summed E-state index contributed by atoms with van der Waals surface area (Å²) in [5.74, 6) is 1.32. The quantitative estimate of drug-likeness (QED) is 0.817. The lowest BCUT2D eigenvalue weighted by Gasteiger charge is -2.11. The molecule has 4 nitrogen and oxygen atoms in total. The van der Waals surface area contributed by atoms with Gasteiger partial charge in [-0.25, -0.2) is 4.98 Å². The Bertz CT molecular complexity index is 649. The van der Waals surface area contributed by atoms with Crippen molar-refractivity contribution in [3.63, 3.8) is 0 Å². The molecule has 0 fully saturated rings. The Morgan fingerprint density at radius 1 is 1.24 bits per heavy atom.